The maximum Gasteiger partial charge on any atom is 0.331 e. The van der Waals surface area contributed by atoms with Crippen LogP contribution >= 0.6 is 0 Å². The van der Waals surface area contributed by atoms with Crippen LogP contribution in [0.5, 0.6) is 0 Å². The van der Waals surface area contributed by atoms with Crippen LogP contribution in [0.15, 0.2) is 23.8 Å². The molecule has 2 N–H and O–H groups in total. The molecule has 0 aromatic heterocycles. The van der Waals surface area contributed by atoms with Crippen molar-refractivity contribution < 1.29 is 14.7 Å². The number of carbonyl (C=O) groups excluding carboxylic acids is 1. The van der Waals surface area contributed by atoms with Gasteiger partial charge in [0.15, 0.2) is 0 Å². The van der Waals surface area contributed by atoms with E-state index in [2.05, 4.69) is 25.2 Å². The standard InChI is InChI=1S/C21H38N2O3/c1-13(2)17(10-11-18(22-8)14(3)4)20(24)23(9)19(15(5)6)12-16(7)21(25)26/h10-15,17-19,22H,1-9H3,(H,25,26)/b11-10+,16-12+/t17-,18-,19-/m1/s1. The summed E-state index contributed by atoms with van der Waals surface area (Å²) in [6, 6.07) is -0.0390. The zero-order valence-electron chi connectivity index (χ0n) is 17.9. The highest BCUT2D eigenvalue weighted by atomic mass is 16.4. The summed E-state index contributed by atoms with van der Waals surface area (Å²) in [4.78, 5) is 26.0. The fourth-order valence-electron chi connectivity index (χ4n) is 2.94. The van der Waals surface area contributed by atoms with E-state index in [9.17, 15) is 9.59 Å². The van der Waals surface area contributed by atoms with Crippen LogP contribution < -0.4 is 5.32 Å². The van der Waals surface area contributed by atoms with Crippen molar-refractivity contribution in [1.29, 1.82) is 0 Å². The number of carbonyl (C=O) groups is 2. The van der Waals surface area contributed by atoms with E-state index in [4.69, 9.17) is 5.11 Å². The average Bonchev–Trinajstić information content (AvgIpc) is 2.53. The van der Waals surface area contributed by atoms with Gasteiger partial charge in [-0.3, -0.25) is 4.79 Å². The number of rotatable bonds is 10. The minimum Gasteiger partial charge on any atom is -0.478 e. The Kier molecular flexibility index (Phi) is 10.5. The predicted molar refractivity (Wildman–Crippen MR) is 108 cm³/mol. The zero-order valence-corrected chi connectivity index (χ0v) is 17.9. The van der Waals surface area contributed by atoms with Crippen molar-refractivity contribution in [2.24, 2.45) is 23.7 Å². The van der Waals surface area contributed by atoms with Crippen molar-refractivity contribution in [1.82, 2.24) is 10.2 Å². The molecule has 26 heavy (non-hydrogen) atoms. The monoisotopic (exact) mass is 366 g/mol. The van der Waals surface area contributed by atoms with Gasteiger partial charge in [-0.15, -0.1) is 0 Å². The van der Waals surface area contributed by atoms with Crippen molar-refractivity contribution in [3.8, 4) is 0 Å². The van der Waals surface area contributed by atoms with Gasteiger partial charge in [-0.2, -0.15) is 0 Å². The largest absolute Gasteiger partial charge is 0.478 e. The average molecular weight is 367 g/mol. The Morgan fingerprint density at radius 3 is 1.85 bits per heavy atom. The van der Waals surface area contributed by atoms with Gasteiger partial charge in [0.2, 0.25) is 5.91 Å². The number of amides is 1. The normalized spacial score (nSPS) is 16.4. The van der Waals surface area contributed by atoms with E-state index in [1.165, 1.54) is 0 Å². The summed E-state index contributed by atoms with van der Waals surface area (Å²) in [5.41, 5.74) is 0.259. The summed E-state index contributed by atoms with van der Waals surface area (Å²) in [6.45, 7) is 13.9. The van der Waals surface area contributed by atoms with E-state index in [-0.39, 0.29) is 41.3 Å². The van der Waals surface area contributed by atoms with Crippen molar-refractivity contribution in [2.45, 2.75) is 60.5 Å². The van der Waals surface area contributed by atoms with Crippen LogP contribution in [0.3, 0.4) is 0 Å². The number of carboxylic acid groups (broad SMARTS) is 1. The summed E-state index contributed by atoms with van der Waals surface area (Å²) >= 11 is 0. The van der Waals surface area contributed by atoms with E-state index in [0.29, 0.717) is 5.92 Å². The third-order valence-corrected chi connectivity index (χ3v) is 4.82. The first-order valence-corrected chi connectivity index (χ1v) is 9.47. The van der Waals surface area contributed by atoms with Crippen molar-refractivity contribution in [2.75, 3.05) is 14.1 Å². The third kappa shape index (κ3) is 7.32. The van der Waals surface area contributed by atoms with Crippen LogP contribution in [0.4, 0.5) is 0 Å². The lowest BCUT2D eigenvalue weighted by atomic mass is 9.90. The third-order valence-electron chi connectivity index (χ3n) is 4.82. The molecule has 0 aliphatic rings. The molecule has 0 aromatic rings. The predicted octanol–water partition coefficient (Wildman–Crippen LogP) is 3.57. The number of nitrogens with zero attached hydrogens (tertiary/aromatic N) is 1. The maximum atomic E-state index is 13.1. The second kappa shape index (κ2) is 11.2. The van der Waals surface area contributed by atoms with Crippen molar-refractivity contribution >= 4 is 11.9 Å². The molecular formula is C21H38N2O3. The molecule has 0 radical (unpaired) electrons. The van der Waals surface area contributed by atoms with Crippen LogP contribution in [0.25, 0.3) is 0 Å². The summed E-state index contributed by atoms with van der Waals surface area (Å²) in [5, 5.41) is 12.4. The lowest BCUT2D eigenvalue weighted by Gasteiger charge is -2.33. The van der Waals surface area contributed by atoms with Gasteiger partial charge < -0.3 is 15.3 Å². The number of likely N-dealkylation sites (N-methyl/N-ethyl adjacent to an activating group) is 2. The van der Waals surface area contributed by atoms with Gasteiger partial charge in [-0.1, -0.05) is 59.8 Å². The van der Waals surface area contributed by atoms with E-state index in [0.717, 1.165) is 0 Å². The highest BCUT2D eigenvalue weighted by molar-refractivity contribution is 5.86. The topological polar surface area (TPSA) is 69.6 Å². The molecule has 0 aliphatic heterocycles. The Bertz CT molecular complexity index is 521. The van der Waals surface area contributed by atoms with Gasteiger partial charge in [0, 0.05) is 18.7 Å². The number of hydrogen-bond acceptors (Lipinski definition) is 3. The van der Waals surface area contributed by atoms with E-state index < -0.39 is 5.97 Å². The molecule has 0 saturated carbocycles. The van der Waals surface area contributed by atoms with Gasteiger partial charge in [-0.05, 0) is 31.7 Å². The Morgan fingerprint density at radius 2 is 1.50 bits per heavy atom. The molecule has 0 heterocycles. The van der Waals surface area contributed by atoms with Crippen molar-refractivity contribution in [3.05, 3.63) is 23.8 Å². The quantitative estimate of drug-likeness (QED) is 0.458. The molecule has 0 unspecified atom stereocenters. The van der Waals surface area contributed by atoms with Gasteiger partial charge in [0.1, 0.15) is 0 Å². The Morgan fingerprint density at radius 1 is 0.962 bits per heavy atom. The molecule has 0 spiro atoms. The van der Waals surface area contributed by atoms with Crippen LogP contribution in [0, 0.1) is 23.7 Å². The minimum atomic E-state index is -0.953. The molecule has 0 aliphatic carbocycles. The first-order valence-electron chi connectivity index (χ1n) is 9.47. The number of hydrogen-bond donors (Lipinski definition) is 2. The van der Waals surface area contributed by atoms with Gasteiger partial charge in [0.25, 0.3) is 0 Å². The zero-order chi connectivity index (χ0) is 20.6. The minimum absolute atomic E-state index is 0.0167. The molecule has 5 nitrogen and oxygen atoms in total. The Labute approximate surface area is 159 Å². The molecule has 0 bridgehead atoms. The van der Waals surface area contributed by atoms with Gasteiger partial charge in [0.05, 0.1) is 12.0 Å². The van der Waals surface area contributed by atoms with E-state index >= 15 is 0 Å². The smallest absolute Gasteiger partial charge is 0.331 e. The molecule has 0 rings (SSSR count). The molecule has 0 aromatic carbocycles. The van der Waals surface area contributed by atoms with E-state index in [1.54, 1.807) is 24.9 Å². The summed E-state index contributed by atoms with van der Waals surface area (Å²) in [7, 11) is 3.68. The molecule has 0 saturated heterocycles. The van der Waals surface area contributed by atoms with E-state index in [1.807, 2.05) is 40.8 Å². The van der Waals surface area contributed by atoms with Crippen LogP contribution in [-0.2, 0) is 9.59 Å². The Hall–Kier alpha value is -1.62. The molecule has 0 fully saturated rings. The molecule has 5 heteroatoms. The number of nitrogens with one attached hydrogen (secondary N) is 1. The molecule has 150 valence electrons. The molecule has 3 atom stereocenters. The number of aliphatic carboxylic acids is 1. The maximum absolute atomic E-state index is 13.1. The van der Waals surface area contributed by atoms with Crippen LogP contribution in [-0.4, -0.2) is 48.1 Å². The van der Waals surface area contributed by atoms with Crippen LogP contribution in [0.1, 0.15) is 48.5 Å². The number of carboxylic acids is 1. The lowest BCUT2D eigenvalue weighted by molar-refractivity contribution is -0.136. The highest BCUT2D eigenvalue weighted by Gasteiger charge is 2.28. The lowest BCUT2D eigenvalue weighted by Crippen LogP contribution is -2.43. The second-order valence-electron chi connectivity index (χ2n) is 8.05. The fraction of sp³-hybridized carbons (Fsp3) is 0.714. The Balaban J connectivity index is 5.58. The first kappa shape index (κ1) is 24.4. The first-order chi connectivity index (χ1) is 11.9. The molecule has 1 amide bonds. The summed E-state index contributed by atoms with van der Waals surface area (Å²) < 4.78 is 0. The summed E-state index contributed by atoms with van der Waals surface area (Å²) in [6.07, 6.45) is 5.75. The molecular weight excluding hydrogens is 328 g/mol. The van der Waals surface area contributed by atoms with Crippen LogP contribution in [0.2, 0.25) is 0 Å². The summed E-state index contributed by atoms with van der Waals surface area (Å²) in [5.74, 6) is -0.469. The SMILES string of the molecule is CN[C@H](/C=C/[C@@H](C(=O)N(C)[C@H](/C=C(\C)C(=O)O)C(C)C)C(C)C)C(C)C. The fourth-order valence-corrected chi connectivity index (χ4v) is 2.94. The second-order valence-corrected chi connectivity index (χ2v) is 8.05. The highest BCUT2D eigenvalue weighted by Crippen LogP contribution is 2.21. The van der Waals surface area contributed by atoms with Gasteiger partial charge >= 0.3 is 5.97 Å². The van der Waals surface area contributed by atoms with Gasteiger partial charge in [-0.25, -0.2) is 4.79 Å². The van der Waals surface area contributed by atoms with Crippen molar-refractivity contribution in [3.63, 3.8) is 0 Å².